The number of hydrogen-bond donors (Lipinski definition) is 3. The largest absolute Gasteiger partial charge is 0.495 e. The van der Waals surface area contributed by atoms with Crippen LogP contribution in [-0.4, -0.2) is 40.7 Å². The van der Waals surface area contributed by atoms with E-state index in [2.05, 4.69) is 15.6 Å². The highest BCUT2D eigenvalue weighted by Gasteiger charge is 2.22. The van der Waals surface area contributed by atoms with Crippen LogP contribution >= 0.6 is 11.8 Å². The number of aromatic nitrogens is 2. The van der Waals surface area contributed by atoms with E-state index in [4.69, 9.17) is 15.1 Å². The summed E-state index contributed by atoms with van der Waals surface area (Å²) in [5, 5.41) is 15.6. The first-order chi connectivity index (χ1) is 16.0. The van der Waals surface area contributed by atoms with Gasteiger partial charge in [-0.2, -0.15) is 0 Å². The molecule has 33 heavy (non-hydrogen) atoms. The summed E-state index contributed by atoms with van der Waals surface area (Å²) < 4.78 is 7.10. The number of hydrogen-bond acceptors (Lipinski definition) is 7. The number of para-hydroxylation sites is 2. The van der Waals surface area contributed by atoms with E-state index in [1.165, 1.54) is 11.8 Å². The molecule has 0 fully saturated rings. The molecule has 1 aliphatic rings. The maximum Gasteiger partial charge on any atom is 0.234 e. The molecule has 2 heterocycles. The van der Waals surface area contributed by atoms with Crippen LogP contribution in [0.25, 0.3) is 5.69 Å². The Labute approximate surface area is 196 Å². The summed E-state index contributed by atoms with van der Waals surface area (Å²) in [6, 6.07) is 15.2. The number of nitrogens with zero attached hydrogens (tertiary/aromatic N) is 3. The van der Waals surface area contributed by atoms with Crippen LogP contribution in [0, 0.1) is 12.3 Å². The second kappa shape index (κ2) is 9.91. The minimum Gasteiger partial charge on any atom is -0.495 e. The normalized spacial score (nSPS) is 12.4. The lowest BCUT2D eigenvalue weighted by molar-refractivity contribution is -0.113. The minimum absolute atomic E-state index is 0.129. The molecule has 0 saturated carbocycles. The van der Waals surface area contributed by atoms with Crippen molar-refractivity contribution in [3.8, 4) is 11.4 Å². The average Bonchev–Trinajstić information content (AvgIpc) is 2.82. The summed E-state index contributed by atoms with van der Waals surface area (Å²) in [7, 11) is 1.57. The van der Waals surface area contributed by atoms with Gasteiger partial charge in [-0.05, 0) is 43.2 Å². The van der Waals surface area contributed by atoms with Crippen LogP contribution in [0.1, 0.15) is 24.5 Å². The Balaban J connectivity index is 1.69. The van der Waals surface area contributed by atoms with Crippen LogP contribution in [0.2, 0.25) is 0 Å². The number of anilines is 2. The number of benzene rings is 2. The molecule has 4 rings (SSSR count). The van der Waals surface area contributed by atoms with Crippen LogP contribution in [0.4, 0.5) is 11.5 Å². The number of rotatable bonds is 7. The van der Waals surface area contributed by atoms with Crippen LogP contribution in [-0.2, 0) is 4.79 Å². The fraction of sp³-hybridized carbons (Fsp3) is 0.250. The van der Waals surface area contributed by atoms with Crippen molar-refractivity contribution in [2.45, 2.75) is 25.4 Å². The van der Waals surface area contributed by atoms with Crippen molar-refractivity contribution in [2.75, 3.05) is 30.2 Å². The van der Waals surface area contributed by atoms with Crippen LogP contribution in [0.3, 0.4) is 0 Å². The highest BCUT2D eigenvalue weighted by molar-refractivity contribution is 7.99. The summed E-state index contributed by atoms with van der Waals surface area (Å²) in [4.78, 5) is 22.0. The number of aryl methyl sites for hydroxylation is 1. The summed E-state index contributed by atoms with van der Waals surface area (Å²) >= 11 is 1.28. The van der Waals surface area contributed by atoms with Gasteiger partial charge >= 0.3 is 0 Å². The molecule has 0 radical (unpaired) electrons. The zero-order valence-electron chi connectivity index (χ0n) is 18.8. The molecule has 1 aromatic heterocycles. The zero-order valence-corrected chi connectivity index (χ0v) is 19.6. The molecule has 8 nitrogen and oxygen atoms in total. The van der Waals surface area contributed by atoms with Crippen molar-refractivity contribution in [3.63, 3.8) is 0 Å². The molecule has 9 heteroatoms. The van der Waals surface area contributed by atoms with E-state index in [1.54, 1.807) is 23.8 Å². The van der Waals surface area contributed by atoms with Gasteiger partial charge in [0.2, 0.25) is 5.91 Å². The van der Waals surface area contributed by atoms with Crippen LogP contribution in [0.15, 0.2) is 58.7 Å². The second-order valence-corrected chi connectivity index (χ2v) is 8.41. The number of nitrogens with one attached hydrogen (secondary N) is 3. The molecule has 2 aromatic carbocycles. The Bertz CT molecular complexity index is 1280. The molecule has 3 aromatic rings. The van der Waals surface area contributed by atoms with Gasteiger partial charge in [0.05, 0.1) is 29.8 Å². The van der Waals surface area contributed by atoms with Crippen molar-refractivity contribution in [3.05, 3.63) is 65.1 Å². The molecular formula is C24H26N6O2S. The van der Waals surface area contributed by atoms with Gasteiger partial charge in [-0.1, -0.05) is 43.0 Å². The molecule has 0 atom stereocenters. The Morgan fingerprint density at radius 3 is 2.85 bits per heavy atom. The number of carbonyl (C=O) groups is 1. The van der Waals surface area contributed by atoms with E-state index in [0.29, 0.717) is 46.6 Å². The molecular weight excluding hydrogens is 436 g/mol. The first-order valence-corrected chi connectivity index (χ1v) is 11.6. The summed E-state index contributed by atoms with van der Waals surface area (Å²) in [5.74, 6) is 1.17. The number of amides is 1. The predicted octanol–water partition coefficient (Wildman–Crippen LogP) is 3.98. The highest BCUT2D eigenvalue weighted by atomic mass is 32.2. The van der Waals surface area contributed by atoms with Crippen molar-refractivity contribution < 1.29 is 9.53 Å². The van der Waals surface area contributed by atoms with Gasteiger partial charge in [-0.3, -0.25) is 19.8 Å². The van der Waals surface area contributed by atoms with E-state index in [1.807, 2.05) is 50.2 Å². The van der Waals surface area contributed by atoms with Gasteiger partial charge in [0.1, 0.15) is 23.7 Å². The van der Waals surface area contributed by atoms with Gasteiger partial charge in [-0.25, -0.2) is 4.98 Å². The van der Waals surface area contributed by atoms with Crippen molar-refractivity contribution in [1.29, 1.82) is 5.41 Å². The first kappa shape index (κ1) is 22.6. The third-order valence-corrected chi connectivity index (χ3v) is 6.15. The lowest BCUT2D eigenvalue weighted by Crippen LogP contribution is -2.33. The van der Waals surface area contributed by atoms with Crippen molar-refractivity contribution >= 4 is 34.9 Å². The van der Waals surface area contributed by atoms with Gasteiger partial charge in [0, 0.05) is 5.69 Å². The van der Waals surface area contributed by atoms with Crippen LogP contribution < -0.4 is 20.9 Å². The fourth-order valence-electron chi connectivity index (χ4n) is 3.67. The number of ether oxygens (including phenoxy) is 1. The molecule has 170 valence electrons. The minimum atomic E-state index is -0.185. The summed E-state index contributed by atoms with van der Waals surface area (Å²) in [6.45, 7) is 4.46. The van der Waals surface area contributed by atoms with E-state index in [0.717, 1.165) is 17.0 Å². The summed E-state index contributed by atoms with van der Waals surface area (Å²) in [5.41, 5.74) is 4.36. The lowest BCUT2D eigenvalue weighted by Gasteiger charge is -2.22. The van der Waals surface area contributed by atoms with Gasteiger partial charge in [0.25, 0.3) is 0 Å². The van der Waals surface area contributed by atoms with Gasteiger partial charge in [0.15, 0.2) is 5.16 Å². The molecule has 0 aliphatic carbocycles. The van der Waals surface area contributed by atoms with E-state index in [9.17, 15) is 4.79 Å². The zero-order chi connectivity index (χ0) is 23.4. The number of aliphatic imine (C=N–C) groups is 1. The molecule has 3 N–H and O–H groups in total. The van der Waals surface area contributed by atoms with Crippen molar-refractivity contribution in [1.82, 2.24) is 9.55 Å². The molecule has 1 aliphatic heterocycles. The van der Waals surface area contributed by atoms with Crippen molar-refractivity contribution in [2.24, 2.45) is 4.99 Å². The molecule has 0 saturated heterocycles. The Kier molecular flexibility index (Phi) is 6.79. The lowest BCUT2D eigenvalue weighted by atomic mass is 10.1. The smallest absolute Gasteiger partial charge is 0.234 e. The Morgan fingerprint density at radius 2 is 2.09 bits per heavy atom. The highest BCUT2D eigenvalue weighted by Crippen LogP contribution is 2.26. The van der Waals surface area contributed by atoms with E-state index in [-0.39, 0.29) is 11.7 Å². The second-order valence-electron chi connectivity index (χ2n) is 7.47. The first-order valence-electron chi connectivity index (χ1n) is 10.6. The molecule has 1 amide bonds. The molecule has 0 spiro atoms. The Hall–Kier alpha value is -3.59. The predicted molar refractivity (Wildman–Crippen MR) is 132 cm³/mol. The molecule has 0 bridgehead atoms. The van der Waals surface area contributed by atoms with E-state index < -0.39 is 0 Å². The Morgan fingerprint density at radius 1 is 1.27 bits per heavy atom. The molecule has 0 unspecified atom stereocenters. The van der Waals surface area contributed by atoms with Gasteiger partial charge in [-0.15, -0.1) is 0 Å². The maximum absolute atomic E-state index is 12.7. The van der Waals surface area contributed by atoms with E-state index >= 15 is 0 Å². The number of methoxy groups -OCH3 is 1. The topological polar surface area (TPSA) is 104 Å². The van der Waals surface area contributed by atoms with Crippen LogP contribution in [0.5, 0.6) is 5.75 Å². The maximum atomic E-state index is 12.7. The number of carbonyl (C=O) groups excluding carboxylic acids is 1. The third kappa shape index (κ3) is 4.78. The van der Waals surface area contributed by atoms with Gasteiger partial charge < -0.3 is 15.4 Å². The number of thioether (sulfide) groups is 1. The third-order valence-electron chi connectivity index (χ3n) is 5.21. The summed E-state index contributed by atoms with van der Waals surface area (Å²) in [6.07, 6.45) is 0.712. The quantitative estimate of drug-likeness (QED) is 0.364. The fourth-order valence-corrected chi connectivity index (χ4v) is 4.48. The standard InChI is InChI=1S/C24H26N6O2S/c1-4-17-21-22(25)30(16-9-7-8-15(2)12-16)24(29-23(21)27-14-26-17)33-13-20(31)28-18-10-5-6-11-19(18)32-3/h5-12,25,27H,4,13-14H2,1-3H3,(H,28,31). The monoisotopic (exact) mass is 462 g/mol. The number of fused-ring (bicyclic) bond motifs is 1. The average molecular weight is 463 g/mol. The SMILES string of the molecule is CCC1=NCNc2nc(SCC(=O)Nc3ccccc3OC)n(-c3cccc(C)c3)c(=N)c21.